The summed E-state index contributed by atoms with van der Waals surface area (Å²) in [6, 6.07) is 0.0884. The van der Waals surface area contributed by atoms with E-state index in [-0.39, 0.29) is 17.9 Å². The highest BCUT2D eigenvalue weighted by Crippen LogP contribution is 2.27. The highest BCUT2D eigenvalue weighted by atomic mass is 32.2. The Hall–Kier alpha value is -0.710. The predicted octanol–water partition coefficient (Wildman–Crippen LogP) is 0.719. The van der Waals surface area contributed by atoms with Crippen molar-refractivity contribution in [2.24, 2.45) is 5.92 Å². The second kappa shape index (κ2) is 5.24. The average Bonchev–Trinajstić information content (AvgIpc) is 2.06. The summed E-state index contributed by atoms with van der Waals surface area (Å²) < 4.78 is 0. The molecule has 0 spiro atoms. The molecule has 0 aromatic rings. The van der Waals surface area contributed by atoms with E-state index in [0.29, 0.717) is 19.3 Å². The molecule has 0 saturated heterocycles. The Kier molecular flexibility index (Phi) is 4.25. The Balaban J connectivity index is 2.10. The van der Waals surface area contributed by atoms with Gasteiger partial charge in [-0.3, -0.25) is 9.59 Å². The van der Waals surface area contributed by atoms with Crippen LogP contribution in [0.15, 0.2) is 0 Å². The molecule has 0 aromatic heterocycles. The smallest absolute Gasteiger partial charge is 0.306 e. The van der Waals surface area contributed by atoms with Crippen LogP contribution in [0.1, 0.15) is 19.3 Å². The quantitative estimate of drug-likeness (QED) is 0.712. The maximum atomic E-state index is 11.2. The van der Waals surface area contributed by atoms with E-state index in [4.69, 9.17) is 5.11 Å². The van der Waals surface area contributed by atoms with Crippen LogP contribution in [-0.2, 0) is 9.59 Å². The van der Waals surface area contributed by atoms with E-state index in [1.54, 1.807) is 11.8 Å². The third-order valence-corrected chi connectivity index (χ3v) is 3.00. The lowest BCUT2D eigenvalue weighted by Gasteiger charge is -2.32. The van der Waals surface area contributed by atoms with Crippen LogP contribution in [0.2, 0.25) is 0 Å². The van der Waals surface area contributed by atoms with E-state index in [2.05, 4.69) is 5.32 Å². The van der Waals surface area contributed by atoms with Gasteiger partial charge in [0, 0.05) is 18.2 Å². The molecule has 1 aliphatic carbocycles. The van der Waals surface area contributed by atoms with Gasteiger partial charge in [-0.2, -0.15) is 11.8 Å². The number of nitrogens with one attached hydrogen (secondary N) is 1. The topological polar surface area (TPSA) is 66.4 Å². The molecule has 2 N–H and O–H groups in total. The Bertz CT molecular complexity index is 226. The summed E-state index contributed by atoms with van der Waals surface area (Å²) in [6.07, 6.45) is 3.65. The molecule has 0 atom stereocenters. The Morgan fingerprint density at radius 2 is 2.14 bits per heavy atom. The number of thioether (sulfide) groups is 1. The van der Waals surface area contributed by atoms with Gasteiger partial charge in [-0.25, -0.2) is 0 Å². The molecule has 1 aliphatic rings. The van der Waals surface area contributed by atoms with E-state index in [1.807, 2.05) is 6.26 Å². The van der Waals surface area contributed by atoms with Crippen molar-refractivity contribution in [3.05, 3.63) is 0 Å². The first-order chi connectivity index (χ1) is 6.63. The summed E-state index contributed by atoms with van der Waals surface area (Å²) in [5.74, 6) is -0.144. The fourth-order valence-corrected chi connectivity index (χ4v) is 1.82. The first-order valence-electron chi connectivity index (χ1n) is 4.64. The third-order valence-electron chi connectivity index (χ3n) is 2.39. The van der Waals surface area contributed by atoms with Crippen LogP contribution in [0.4, 0.5) is 0 Å². The van der Waals surface area contributed by atoms with Crippen molar-refractivity contribution in [1.82, 2.24) is 5.32 Å². The van der Waals surface area contributed by atoms with Crippen molar-refractivity contribution in [3.8, 4) is 0 Å². The normalized spacial score (nSPS) is 25.2. The van der Waals surface area contributed by atoms with E-state index in [9.17, 15) is 9.59 Å². The molecule has 1 amide bonds. The van der Waals surface area contributed by atoms with Crippen molar-refractivity contribution < 1.29 is 14.7 Å². The average molecular weight is 217 g/mol. The van der Waals surface area contributed by atoms with Gasteiger partial charge in [0.15, 0.2) is 0 Å². The summed E-state index contributed by atoms with van der Waals surface area (Å²) >= 11 is 1.63. The highest BCUT2D eigenvalue weighted by Gasteiger charge is 2.34. The number of hydrogen-bond acceptors (Lipinski definition) is 3. The SMILES string of the molecule is CSCCC(=O)NC1CC(C(=O)O)C1. The molecular formula is C9H15NO3S. The summed E-state index contributed by atoms with van der Waals surface area (Å²) in [6.45, 7) is 0. The maximum absolute atomic E-state index is 11.2. The van der Waals surface area contributed by atoms with Gasteiger partial charge in [0.05, 0.1) is 5.92 Å². The van der Waals surface area contributed by atoms with E-state index in [1.165, 1.54) is 0 Å². The number of hydrogen-bond donors (Lipinski definition) is 2. The molecular weight excluding hydrogens is 202 g/mol. The largest absolute Gasteiger partial charge is 0.481 e. The number of rotatable bonds is 5. The Morgan fingerprint density at radius 1 is 1.50 bits per heavy atom. The van der Waals surface area contributed by atoms with Gasteiger partial charge in [-0.1, -0.05) is 0 Å². The van der Waals surface area contributed by atoms with Crippen LogP contribution >= 0.6 is 11.8 Å². The molecule has 14 heavy (non-hydrogen) atoms. The van der Waals surface area contributed by atoms with Gasteiger partial charge in [-0.15, -0.1) is 0 Å². The molecule has 1 fully saturated rings. The predicted molar refractivity (Wildman–Crippen MR) is 55.3 cm³/mol. The molecule has 0 aromatic carbocycles. The molecule has 0 heterocycles. The second-order valence-electron chi connectivity index (χ2n) is 3.51. The lowest BCUT2D eigenvalue weighted by molar-refractivity contribution is -0.146. The minimum atomic E-state index is -0.750. The number of carboxylic acid groups (broad SMARTS) is 1. The minimum absolute atomic E-state index is 0.0354. The zero-order valence-corrected chi connectivity index (χ0v) is 8.97. The maximum Gasteiger partial charge on any atom is 0.306 e. The van der Waals surface area contributed by atoms with E-state index < -0.39 is 5.97 Å². The standard InChI is InChI=1S/C9H15NO3S/c1-14-3-2-8(11)10-7-4-6(5-7)9(12)13/h6-7H,2-5H2,1H3,(H,10,11)(H,12,13). The number of carboxylic acids is 1. The highest BCUT2D eigenvalue weighted by molar-refractivity contribution is 7.98. The number of amides is 1. The molecule has 0 radical (unpaired) electrons. The molecule has 4 nitrogen and oxygen atoms in total. The molecule has 0 bridgehead atoms. The monoisotopic (exact) mass is 217 g/mol. The van der Waals surface area contributed by atoms with Crippen LogP contribution in [0.25, 0.3) is 0 Å². The fraction of sp³-hybridized carbons (Fsp3) is 0.778. The van der Waals surface area contributed by atoms with Crippen molar-refractivity contribution in [1.29, 1.82) is 0 Å². The Labute approximate surface area is 87.4 Å². The lowest BCUT2D eigenvalue weighted by Crippen LogP contribution is -2.46. The zero-order chi connectivity index (χ0) is 10.6. The van der Waals surface area contributed by atoms with Crippen molar-refractivity contribution in [2.45, 2.75) is 25.3 Å². The summed E-state index contributed by atoms with van der Waals surface area (Å²) in [7, 11) is 0. The van der Waals surface area contributed by atoms with Crippen molar-refractivity contribution >= 4 is 23.6 Å². The zero-order valence-electron chi connectivity index (χ0n) is 8.16. The summed E-state index contributed by atoms with van der Waals surface area (Å²) in [5.41, 5.74) is 0. The van der Waals surface area contributed by atoms with Gasteiger partial charge >= 0.3 is 5.97 Å². The van der Waals surface area contributed by atoms with E-state index >= 15 is 0 Å². The molecule has 0 unspecified atom stereocenters. The van der Waals surface area contributed by atoms with Crippen LogP contribution in [0, 0.1) is 5.92 Å². The molecule has 80 valence electrons. The molecule has 1 saturated carbocycles. The third kappa shape index (κ3) is 3.21. The minimum Gasteiger partial charge on any atom is -0.481 e. The Morgan fingerprint density at radius 3 is 2.64 bits per heavy atom. The van der Waals surface area contributed by atoms with Crippen LogP contribution in [-0.4, -0.2) is 35.0 Å². The lowest BCUT2D eigenvalue weighted by atomic mass is 9.80. The number of carbonyl (C=O) groups excluding carboxylic acids is 1. The van der Waals surface area contributed by atoms with Gasteiger partial charge < -0.3 is 10.4 Å². The van der Waals surface area contributed by atoms with Gasteiger partial charge in [0.2, 0.25) is 5.91 Å². The van der Waals surface area contributed by atoms with E-state index in [0.717, 1.165) is 5.75 Å². The number of aliphatic carboxylic acids is 1. The van der Waals surface area contributed by atoms with Crippen LogP contribution in [0.3, 0.4) is 0 Å². The summed E-state index contributed by atoms with van der Waals surface area (Å²) in [4.78, 5) is 21.7. The first-order valence-corrected chi connectivity index (χ1v) is 6.04. The summed E-state index contributed by atoms with van der Waals surface area (Å²) in [5, 5.41) is 11.4. The van der Waals surface area contributed by atoms with Gasteiger partial charge in [-0.05, 0) is 19.1 Å². The second-order valence-corrected chi connectivity index (χ2v) is 4.50. The van der Waals surface area contributed by atoms with Gasteiger partial charge in [0.1, 0.15) is 0 Å². The molecule has 5 heteroatoms. The van der Waals surface area contributed by atoms with Crippen LogP contribution < -0.4 is 5.32 Å². The van der Waals surface area contributed by atoms with Crippen LogP contribution in [0.5, 0.6) is 0 Å². The van der Waals surface area contributed by atoms with Crippen molar-refractivity contribution in [2.75, 3.05) is 12.0 Å². The first kappa shape index (κ1) is 11.4. The fourth-order valence-electron chi connectivity index (χ4n) is 1.43. The van der Waals surface area contributed by atoms with Gasteiger partial charge in [0.25, 0.3) is 0 Å². The van der Waals surface area contributed by atoms with Crippen molar-refractivity contribution in [3.63, 3.8) is 0 Å². The molecule has 1 rings (SSSR count). The molecule has 0 aliphatic heterocycles. The number of carbonyl (C=O) groups is 2.